The summed E-state index contributed by atoms with van der Waals surface area (Å²) in [5.74, 6) is 0.270. The third kappa shape index (κ3) is 2.90. The van der Waals surface area contributed by atoms with Gasteiger partial charge in [0.25, 0.3) is 0 Å². The van der Waals surface area contributed by atoms with Crippen molar-refractivity contribution in [1.82, 2.24) is 0 Å². The molecule has 0 spiro atoms. The first kappa shape index (κ1) is 15.1. The van der Waals surface area contributed by atoms with Crippen LogP contribution in [0.2, 0.25) is 0 Å². The van der Waals surface area contributed by atoms with Crippen LogP contribution in [0, 0.1) is 0 Å². The average Bonchev–Trinajstić information content (AvgIpc) is 2.79. The molecule has 0 aliphatic carbocycles. The van der Waals surface area contributed by atoms with Crippen molar-refractivity contribution in [2.75, 3.05) is 30.0 Å². The Morgan fingerprint density at radius 1 is 1.25 bits per heavy atom. The number of sulfonamides is 1. The summed E-state index contributed by atoms with van der Waals surface area (Å²) in [4.78, 5) is 0. The molecule has 0 unspecified atom stereocenters. The minimum atomic E-state index is -3.67. The second-order valence-corrected chi connectivity index (χ2v) is 9.21. The van der Waals surface area contributed by atoms with Crippen molar-refractivity contribution in [3.8, 4) is 5.75 Å². The molecule has 0 radical (unpaired) electrons. The lowest BCUT2D eigenvalue weighted by Gasteiger charge is -2.23. The number of benzene rings is 1. The van der Waals surface area contributed by atoms with Crippen LogP contribution < -0.4 is 9.04 Å². The fourth-order valence-electron chi connectivity index (χ4n) is 2.16. The fourth-order valence-corrected chi connectivity index (χ4v) is 6.44. The first-order chi connectivity index (χ1) is 9.26. The van der Waals surface area contributed by atoms with Crippen LogP contribution >= 0.6 is 0 Å². The van der Waals surface area contributed by atoms with E-state index in [2.05, 4.69) is 0 Å². The number of sulfone groups is 1. The number of ether oxygens (including phenoxy) is 1. The highest BCUT2D eigenvalue weighted by Gasteiger charge is 2.39. The molecular formula is C12H17NO5S2. The molecule has 6 nitrogen and oxygen atoms in total. The van der Waals surface area contributed by atoms with E-state index >= 15 is 0 Å². The highest BCUT2D eigenvalue weighted by Crippen LogP contribution is 2.26. The summed E-state index contributed by atoms with van der Waals surface area (Å²) >= 11 is 0. The first-order valence-corrected chi connectivity index (χ1v) is 9.41. The van der Waals surface area contributed by atoms with Crippen molar-refractivity contribution in [2.45, 2.75) is 11.7 Å². The Labute approximate surface area is 119 Å². The predicted molar refractivity (Wildman–Crippen MR) is 77.4 cm³/mol. The quantitative estimate of drug-likeness (QED) is 0.814. The smallest absolute Gasteiger partial charge is 0.238 e. The molecule has 2 rings (SSSR count). The third-order valence-corrected chi connectivity index (χ3v) is 7.63. The van der Waals surface area contributed by atoms with Gasteiger partial charge in [0.1, 0.15) is 5.75 Å². The predicted octanol–water partition coefficient (Wildman–Crippen LogP) is 0.648. The van der Waals surface area contributed by atoms with Gasteiger partial charge in [0.15, 0.2) is 9.84 Å². The Morgan fingerprint density at radius 3 is 2.30 bits per heavy atom. The van der Waals surface area contributed by atoms with Gasteiger partial charge in [-0.1, -0.05) is 0 Å². The molecule has 1 aliphatic rings. The molecule has 112 valence electrons. The molecule has 1 atom stereocenters. The van der Waals surface area contributed by atoms with Crippen molar-refractivity contribution in [3.05, 3.63) is 24.3 Å². The van der Waals surface area contributed by atoms with Gasteiger partial charge in [-0.15, -0.1) is 0 Å². The van der Waals surface area contributed by atoms with E-state index in [0.29, 0.717) is 11.4 Å². The molecule has 0 amide bonds. The Bertz CT molecular complexity index is 679. The number of rotatable bonds is 4. The summed E-state index contributed by atoms with van der Waals surface area (Å²) in [6, 6.07) is 6.57. The Balaban J connectivity index is 2.24. The highest BCUT2D eigenvalue weighted by molar-refractivity contribution is 7.97. The lowest BCUT2D eigenvalue weighted by molar-refractivity contribution is 0.415. The van der Waals surface area contributed by atoms with Gasteiger partial charge in [-0.3, -0.25) is 4.31 Å². The lowest BCUT2D eigenvalue weighted by atomic mass is 10.3. The van der Waals surface area contributed by atoms with E-state index in [4.69, 9.17) is 4.74 Å². The van der Waals surface area contributed by atoms with Crippen LogP contribution in [0.15, 0.2) is 24.3 Å². The van der Waals surface area contributed by atoms with Gasteiger partial charge in [-0.2, -0.15) is 0 Å². The molecule has 1 fully saturated rings. The van der Waals surface area contributed by atoms with Crippen LogP contribution in [-0.4, -0.2) is 47.7 Å². The van der Waals surface area contributed by atoms with Crippen LogP contribution in [0.5, 0.6) is 5.75 Å². The Hall–Kier alpha value is -1.28. The molecule has 1 heterocycles. The van der Waals surface area contributed by atoms with E-state index < -0.39 is 25.1 Å². The Kier molecular flexibility index (Phi) is 3.97. The maximum Gasteiger partial charge on any atom is 0.238 e. The summed E-state index contributed by atoms with van der Waals surface area (Å²) in [5.41, 5.74) is 0.482. The second-order valence-electron chi connectivity index (χ2n) is 4.74. The SMILES string of the molecule is COc1ccc(N(C)S(=O)(=O)[C@H]2CCS(=O)(=O)C2)cc1. The Morgan fingerprint density at radius 2 is 1.85 bits per heavy atom. The standard InChI is InChI=1S/C12H17NO5S2/c1-13(10-3-5-11(18-2)6-4-10)20(16,17)12-7-8-19(14,15)9-12/h3-6,12H,7-9H2,1-2H3/t12-/m0/s1. The molecular weight excluding hydrogens is 302 g/mol. The van der Waals surface area contributed by atoms with E-state index in [9.17, 15) is 16.8 Å². The van der Waals surface area contributed by atoms with Crippen molar-refractivity contribution >= 4 is 25.5 Å². The number of nitrogens with zero attached hydrogens (tertiary/aromatic N) is 1. The molecule has 1 saturated heterocycles. The van der Waals surface area contributed by atoms with Gasteiger partial charge in [-0.05, 0) is 30.7 Å². The molecule has 0 aromatic heterocycles. The second kappa shape index (κ2) is 5.25. The van der Waals surface area contributed by atoms with Crippen LogP contribution in [0.25, 0.3) is 0 Å². The molecule has 0 N–H and O–H groups in total. The van der Waals surface area contributed by atoms with Gasteiger partial charge in [0.05, 0.1) is 29.6 Å². The number of hydrogen-bond donors (Lipinski definition) is 0. The minimum absolute atomic E-state index is 0.0622. The van der Waals surface area contributed by atoms with Crippen LogP contribution in [0.1, 0.15) is 6.42 Å². The normalized spacial score (nSPS) is 21.6. The zero-order chi connectivity index (χ0) is 15.0. The molecule has 0 bridgehead atoms. The third-order valence-electron chi connectivity index (χ3n) is 3.43. The molecule has 0 saturated carbocycles. The summed E-state index contributed by atoms with van der Waals surface area (Å²) < 4.78 is 53.8. The summed E-state index contributed by atoms with van der Waals surface area (Å²) in [6.45, 7) is 0. The summed E-state index contributed by atoms with van der Waals surface area (Å²) in [6.07, 6.45) is 0.158. The van der Waals surface area contributed by atoms with E-state index in [0.717, 1.165) is 4.31 Å². The highest BCUT2D eigenvalue weighted by atomic mass is 32.2. The van der Waals surface area contributed by atoms with Gasteiger partial charge in [0.2, 0.25) is 10.0 Å². The average molecular weight is 319 g/mol. The lowest BCUT2D eigenvalue weighted by Crippen LogP contribution is -2.36. The number of anilines is 1. The fraction of sp³-hybridized carbons (Fsp3) is 0.500. The maximum atomic E-state index is 12.4. The van der Waals surface area contributed by atoms with Crippen LogP contribution in [0.3, 0.4) is 0 Å². The van der Waals surface area contributed by atoms with Gasteiger partial charge < -0.3 is 4.74 Å². The molecule has 20 heavy (non-hydrogen) atoms. The maximum absolute atomic E-state index is 12.4. The van der Waals surface area contributed by atoms with Gasteiger partial charge in [0, 0.05) is 7.05 Å². The van der Waals surface area contributed by atoms with Crippen LogP contribution in [0.4, 0.5) is 5.69 Å². The number of hydrogen-bond acceptors (Lipinski definition) is 5. The van der Waals surface area contributed by atoms with E-state index in [-0.39, 0.29) is 17.9 Å². The van der Waals surface area contributed by atoms with Crippen molar-refractivity contribution in [1.29, 1.82) is 0 Å². The van der Waals surface area contributed by atoms with E-state index in [1.165, 1.54) is 14.2 Å². The van der Waals surface area contributed by atoms with Crippen molar-refractivity contribution in [3.63, 3.8) is 0 Å². The summed E-state index contributed by atoms with van der Waals surface area (Å²) in [7, 11) is -3.94. The summed E-state index contributed by atoms with van der Waals surface area (Å²) in [5, 5.41) is -0.861. The van der Waals surface area contributed by atoms with Crippen LogP contribution in [-0.2, 0) is 19.9 Å². The first-order valence-electron chi connectivity index (χ1n) is 6.08. The van der Waals surface area contributed by atoms with Crippen molar-refractivity contribution in [2.24, 2.45) is 0 Å². The topological polar surface area (TPSA) is 80.8 Å². The van der Waals surface area contributed by atoms with E-state index in [1.807, 2.05) is 0 Å². The molecule has 8 heteroatoms. The molecule has 1 aliphatic heterocycles. The zero-order valence-electron chi connectivity index (χ0n) is 11.3. The van der Waals surface area contributed by atoms with Gasteiger partial charge >= 0.3 is 0 Å². The number of methoxy groups -OCH3 is 1. The largest absolute Gasteiger partial charge is 0.497 e. The monoisotopic (exact) mass is 319 g/mol. The minimum Gasteiger partial charge on any atom is -0.497 e. The molecule has 1 aromatic rings. The molecule has 1 aromatic carbocycles. The van der Waals surface area contributed by atoms with Crippen molar-refractivity contribution < 1.29 is 21.6 Å². The van der Waals surface area contributed by atoms with E-state index in [1.54, 1.807) is 24.3 Å². The zero-order valence-corrected chi connectivity index (χ0v) is 12.9. The van der Waals surface area contributed by atoms with Gasteiger partial charge in [-0.25, -0.2) is 16.8 Å².